The maximum Gasteiger partial charge on any atom is 0.334 e. The summed E-state index contributed by atoms with van der Waals surface area (Å²) >= 11 is 0. The summed E-state index contributed by atoms with van der Waals surface area (Å²) in [5.41, 5.74) is 0.779. The Kier molecular flexibility index (Phi) is 8.49. The standard InChI is InChI=1S/C18H20O7/c1-13(12-17(20)23-3)18(21)25-11-10-24-16(19)9-6-14-4-7-15(22-2)8-5-14/h4-9H,1,10-12H2,2-3H3/b9-6+. The molecule has 1 rings (SSSR count). The van der Waals surface area contributed by atoms with Crippen molar-refractivity contribution < 1.29 is 33.3 Å². The monoisotopic (exact) mass is 348 g/mol. The largest absolute Gasteiger partial charge is 0.497 e. The average Bonchev–Trinajstić information content (AvgIpc) is 2.63. The van der Waals surface area contributed by atoms with Gasteiger partial charge in [0.2, 0.25) is 0 Å². The van der Waals surface area contributed by atoms with E-state index in [1.807, 2.05) is 0 Å². The van der Waals surface area contributed by atoms with Crippen LogP contribution in [0.5, 0.6) is 5.75 Å². The zero-order valence-electron chi connectivity index (χ0n) is 14.2. The Hall–Kier alpha value is -3.09. The molecule has 0 bridgehead atoms. The molecule has 0 aliphatic heterocycles. The Balaban J connectivity index is 2.27. The summed E-state index contributed by atoms with van der Waals surface area (Å²) in [6.07, 6.45) is 2.60. The summed E-state index contributed by atoms with van der Waals surface area (Å²) in [6, 6.07) is 7.12. The molecule has 0 amide bonds. The fourth-order valence-corrected chi connectivity index (χ4v) is 1.62. The first-order chi connectivity index (χ1) is 12.0. The van der Waals surface area contributed by atoms with Crippen LogP contribution >= 0.6 is 0 Å². The van der Waals surface area contributed by atoms with Crippen LogP contribution in [0.1, 0.15) is 12.0 Å². The van der Waals surface area contributed by atoms with Gasteiger partial charge < -0.3 is 18.9 Å². The van der Waals surface area contributed by atoms with Crippen molar-refractivity contribution in [3.63, 3.8) is 0 Å². The molecule has 0 radical (unpaired) electrons. The second-order valence-corrected chi connectivity index (χ2v) is 4.77. The van der Waals surface area contributed by atoms with Gasteiger partial charge in [0, 0.05) is 11.6 Å². The Labute approximate surface area is 145 Å². The van der Waals surface area contributed by atoms with Crippen molar-refractivity contribution in [2.75, 3.05) is 27.4 Å². The molecule has 0 atom stereocenters. The molecule has 0 aliphatic carbocycles. The van der Waals surface area contributed by atoms with Crippen LogP contribution in [0.3, 0.4) is 0 Å². The van der Waals surface area contributed by atoms with Gasteiger partial charge in [0.15, 0.2) is 0 Å². The fourth-order valence-electron chi connectivity index (χ4n) is 1.62. The van der Waals surface area contributed by atoms with Crippen LogP contribution in [0.2, 0.25) is 0 Å². The third kappa shape index (κ3) is 7.83. The van der Waals surface area contributed by atoms with Gasteiger partial charge in [-0.25, -0.2) is 9.59 Å². The molecule has 0 unspecified atom stereocenters. The zero-order chi connectivity index (χ0) is 18.7. The number of methoxy groups -OCH3 is 2. The smallest absolute Gasteiger partial charge is 0.334 e. The molecule has 0 saturated carbocycles. The lowest BCUT2D eigenvalue weighted by Gasteiger charge is -2.06. The van der Waals surface area contributed by atoms with E-state index in [1.165, 1.54) is 13.2 Å². The van der Waals surface area contributed by atoms with Gasteiger partial charge in [-0.15, -0.1) is 0 Å². The van der Waals surface area contributed by atoms with E-state index in [2.05, 4.69) is 11.3 Å². The molecule has 7 nitrogen and oxygen atoms in total. The molecular formula is C18H20O7. The van der Waals surface area contributed by atoms with Gasteiger partial charge in [-0.05, 0) is 23.8 Å². The highest BCUT2D eigenvalue weighted by Gasteiger charge is 2.13. The van der Waals surface area contributed by atoms with Gasteiger partial charge in [0.25, 0.3) is 0 Å². The Bertz CT molecular complexity index is 644. The molecule has 0 N–H and O–H groups in total. The second-order valence-electron chi connectivity index (χ2n) is 4.77. The molecule has 0 saturated heterocycles. The van der Waals surface area contributed by atoms with Gasteiger partial charge >= 0.3 is 17.9 Å². The van der Waals surface area contributed by atoms with E-state index in [0.29, 0.717) is 0 Å². The number of esters is 3. The number of benzene rings is 1. The van der Waals surface area contributed by atoms with Crippen LogP contribution in [0.25, 0.3) is 6.08 Å². The summed E-state index contributed by atoms with van der Waals surface area (Å²) in [6.45, 7) is 3.18. The molecule has 0 aromatic heterocycles. The van der Waals surface area contributed by atoms with Crippen LogP contribution < -0.4 is 4.74 Å². The summed E-state index contributed by atoms with van der Waals surface area (Å²) in [4.78, 5) is 34.1. The molecule has 7 heteroatoms. The molecule has 25 heavy (non-hydrogen) atoms. The van der Waals surface area contributed by atoms with Gasteiger partial charge in [-0.1, -0.05) is 18.7 Å². The van der Waals surface area contributed by atoms with Crippen molar-refractivity contribution in [3.05, 3.63) is 48.1 Å². The zero-order valence-corrected chi connectivity index (χ0v) is 14.2. The lowest BCUT2D eigenvalue weighted by atomic mass is 10.2. The molecule has 0 heterocycles. The third-order valence-electron chi connectivity index (χ3n) is 2.96. The van der Waals surface area contributed by atoms with Crippen LogP contribution in [0.15, 0.2) is 42.5 Å². The van der Waals surface area contributed by atoms with E-state index in [-0.39, 0.29) is 25.2 Å². The maximum atomic E-state index is 11.5. The molecule has 134 valence electrons. The number of hydrogen-bond acceptors (Lipinski definition) is 7. The minimum absolute atomic E-state index is 0.0300. The Morgan fingerprint density at radius 2 is 1.68 bits per heavy atom. The summed E-state index contributed by atoms with van der Waals surface area (Å²) in [7, 11) is 2.78. The quantitative estimate of drug-likeness (QED) is 0.291. The second kappa shape index (κ2) is 10.6. The number of carbonyl (C=O) groups excluding carboxylic acids is 3. The lowest BCUT2D eigenvalue weighted by molar-refractivity contribution is -0.148. The van der Waals surface area contributed by atoms with E-state index >= 15 is 0 Å². The molecular weight excluding hydrogens is 328 g/mol. The highest BCUT2D eigenvalue weighted by molar-refractivity contribution is 5.93. The molecule has 1 aromatic carbocycles. The summed E-state index contributed by atoms with van der Waals surface area (Å²) in [5, 5.41) is 0. The van der Waals surface area contributed by atoms with E-state index in [4.69, 9.17) is 14.2 Å². The van der Waals surface area contributed by atoms with Crippen molar-refractivity contribution >= 4 is 24.0 Å². The van der Waals surface area contributed by atoms with E-state index < -0.39 is 17.9 Å². The predicted molar refractivity (Wildman–Crippen MR) is 89.7 cm³/mol. The molecule has 0 spiro atoms. The van der Waals surface area contributed by atoms with Crippen molar-refractivity contribution in [3.8, 4) is 5.75 Å². The van der Waals surface area contributed by atoms with Crippen LogP contribution in [-0.2, 0) is 28.6 Å². The number of rotatable bonds is 9. The van der Waals surface area contributed by atoms with Gasteiger partial charge in [-0.2, -0.15) is 0 Å². The van der Waals surface area contributed by atoms with Crippen LogP contribution in [0.4, 0.5) is 0 Å². The van der Waals surface area contributed by atoms with Crippen molar-refractivity contribution in [1.82, 2.24) is 0 Å². The van der Waals surface area contributed by atoms with E-state index in [9.17, 15) is 14.4 Å². The fraction of sp³-hybridized carbons (Fsp3) is 0.278. The van der Waals surface area contributed by atoms with Crippen molar-refractivity contribution in [2.45, 2.75) is 6.42 Å². The highest BCUT2D eigenvalue weighted by Crippen LogP contribution is 2.12. The molecule has 0 aliphatic rings. The molecule has 1 aromatic rings. The van der Waals surface area contributed by atoms with E-state index in [0.717, 1.165) is 11.3 Å². The first-order valence-electron chi connectivity index (χ1n) is 7.37. The third-order valence-corrected chi connectivity index (χ3v) is 2.96. The van der Waals surface area contributed by atoms with Crippen LogP contribution in [0, 0.1) is 0 Å². The lowest BCUT2D eigenvalue weighted by Crippen LogP contribution is -2.15. The predicted octanol–water partition coefficient (Wildman–Crippen LogP) is 1.91. The summed E-state index contributed by atoms with van der Waals surface area (Å²) in [5.74, 6) is -1.18. The van der Waals surface area contributed by atoms with E-state index in [1.54, 1.807) is 37.5 Å². The minimum atomic E-state index is -0.741. The number of carbonyl (C=O) groups is 3. The van der Waals surface area contributed by atoms with Crippen molar-refractivity contribution in [2.24, 2.45) is 0 Å². The SMILES string of the molecule is C=C(CC(=O)OC)C(=O)OCCOC(=O)/C=C/c1ccc(OC)cc1. The maximum absolute atomic E-state index is 11.5. The first-order valence-corrected chi connectivity index (χ1v) is 7.37. The topological polar surface area (TPSA) is 88.1 Å². The number of ether oxygens (including phenoxy) is 4. The van der Waals surface area contributed by atoms with Crippen molar-refractivity contribution in [1.29, 1.82) is 0 Å². The minimum Gasteiger partial charge on any atom is -0.497 e. The normalized spacial score (nSPS) is 10.2. The average molecular weight is 348 g/mol. The first kappa shape index (κ1) is 20.0. The Morgan fingerprint density at radius 3 is 2.28 bits per heavy atom. The molecule has 0 fully saturated rings. The number of hydrogen-bond donors (Lipinski definition) is 0. The highest BCUT2D eigenvalue weighted by atomic mass is 16.6. The van der Waals surface area contributed by atoms with Crippen LogP contribution in [-0.4, -0.2) is 45.3 Å². The van der Waals surface area contributed by atoms with Gasteiger partial charge in [0.05, 0.1) is 20.6 Å². The van der Waals surface area contributed by atoms with Gasteiger partial charge in [-0.3, -0.25) is 4.79 Å². The Morgan fingerprint density at radius 1 is 1.04 bits per heavy atom. The summed E-state index contributed by atoms with van der Waals surface area (Å²) < 4.78 is 19.2. The van der Waals surface area contributed by atoms with Gasteiger partial charge in [0.1, 0.15) is 19.0 Å².